The van der Waals surface area contributed by atoms with Gasteiger partial charge in [0.25, 0.3) is 5.69 Å². The third-order valence-corrected chi connectivity index (χ3v) is 4.63. The SMILES string of the molecule is CC(C#N)(NC(=O)CN1CCc2cc([N+](=O)[O-])ccc21)C1CC1. The molecule has 0 saturated heterocycles. The topological polar surface area (TPSA) is 99.3 Å². The minimum absolute atomic E-state index is 0.0702. The Morgan fingerprint density at radius 2 is 2.30 bits per heavy atom. The Bertz CT molecular complexity index is 708. The van der Waals surface area contributed by atoms with Gasteiger partial charge in [0.1, 0.15) is 5.54 Å². The van der Waals surface area contributed by atoms with Crippen molar-refractivity contribution in [1.29, 1.82) is 5.26 Å². The van der Waals surface area contributed by atoms with Crippen LogP contribution in [-0.2, 0) is 11.2 Å². The summed E-state index contributed by atoms with van der Waals surface area (Å²) in [7, 11) is 0. The fraction of sp³-hybridized carbons (Fsp3) is 0.500. The Morgan fingerprint density at radius 3 is 2.91 bits per heavy atom. The van der Waals surface area contributed by atoms with E-state index in [1.54, 1.807) is 19.1 Å². The lowest BCUT2D eigenvalue weighted by Gasteiger charge is -2.25. The molecule has 1 aliphatic heterocycles. The third kappa shape index (κ3) is 2.97. The minimum atomic E-state index is -0.797. The van der Waals surface area contributed by atoms with E-state index in [4.69, 9.17) is 0 Å². The summed E-state index contributed by atoms with van der Waals surface area (Å²) in [6.45, 7) is 2.58. The molecule has 1 aliphatic carbocycles. The lowest BCUT2D eigenvalue weighted by atomic mass is 9.98. The molecule has 1 N–H and O–H groups in total. The normalized spacial score (nSPS) is 18.7. The monoisotopic (exact) mass is 314 g/mol. The van der Waals surface area contributed by atoms with Crippen molar-refractivity contribution in [2.75, 3.05) is 18.0 Å². The summed E-state index contributed by atoms with van der Waals surface area (Å²) in [6.07, 6.45) is 2.63. The molecule has 23 heavy (non-hydrogen) atoms. The van der Waals surface area contributed by atoms with Crippen LogP contribution in [0.4, 0.5) is 11.4 Å². The Kier molecular flexibility index (Phi) is 3.68. The third-order valence-electron chi connectivity index (χ3n) is 4.63. The van der Waals surface area contributed by atoms with Crippen molar-refractivity contribution < 1.29 is 9.72 Å². The van der Waals surface area contributed by atoms with E-state index in [-0.39, 0.29) is 24.1 Å². The number of hydrogen-bond acceptors (Lipinski definition) is 5. The maximum atomic E-state index is 12.3. The lowest BCUT2D eigenvalue weighted by molar-refractivity contribution is -0.384. The van der Waals surface area contributed by atoms with Crippen molar-refractivity contribution in [3.63, 3.8) is 0 Å². The molecule has 7 heteroatoms. The van der Waals surface area contributed by atoms with Crippen LogP contribution in [-0.4, -0.2) is 29.5 Å². The molecule has 1 amide bonds. The number of fused-ring (bicyclic) bond motifs is 1. The van der Waals surface area contributed by atoms with Crippen molar-refractivity contribution >= 4 is 17.3 Å². The van der Waals surface area contributed by atoms with E-state index in [0.29, 0.717) is 13.0 Å². The number of nitriles is 1. The van der Waals surface area contributed by atoms with Crippen LogP contribution in [0.25, 0.3) is 0 Å². The molecule has 2 aliphatic rings. The number of hydrogen-bond donors (Lipinski definition) is 1. The van der Waals surface area contributed by atoms with E-state index in [1.165, 1.54) is 6.07 Å². The number of nitrogens with zero attached hydrogens (tertiary/aromatic N) is 3. The van der Waals surface area contributed by atoms with Crippen LogP contribution >= 0.6 is 0 Å². The molecule has 1 saturated carbocycles. The average Bonchev–Trinajstić information content (AvgIpc) is 3.31. The quantitative estimate of drug-likeness (QED) is 0.659. The molecule has 120 valence electrons. The van der Waals surface area contributed by atoms with E-state index < -0.39 is 10.5 Å². The number of rotatable bonds is 5. The Hall–Kier alpha value is -2.62. The van der Waals surface area contributed by atoms with Gasteiger partial charge in [0, 0.05) is 24.4 Å². The molecule has 1 atom stereocenters. The smallest absolute Gasteiger partial charge is 0.269 e. The van der Waals surface area contributed by atoms with Crippen LogP contribution in [0.3, 0.4) is 0 Å². The summed E-state index contributed by atoms with van der Waals surface area (Å²) in [5.41, 5.74) is 1.02. The second kappa shape index (κ2) is 5.54. The highest BCUT2D eigenvalue weighted by Crippen LogP contribution is 2.39. The van der Waals surface area contributed by atoms with Gasteiger partial charge >= 0.3 is 0 Å². The first kappa shape index (κ1) is 15.3. The molecule has 0 spiro atoms. The lowest BCUT2D eigenvalue weighted by Crippen LogP contribution is -2.50. The number of benzene rings is 1. The van der Waals surface area contributed by atoms with Gasteiger partial charge in [0.05, 0.1) is 17.5 Å². The molecule has 1 aromatic rings. The van der Waals surface area contributed by atoms with Crippen molar-refractivity contribution in [3.8, 4) is 6.07 Å². The van der Waals surface area contributed by atoms with Crippen LogP contribution in [0.5, 0.6) is 0 Å². The van der Waals surface area contributed by atoms with E-state index in [2.05, 4.69) is 11.4 Å². The molecule has 0 aromatic heterocycles. The highest BCUT2D eigenvalue weighted by Gasteiger charge is 2.43. The fourth-order valence-electron chi connectivity index (χ4n) is 3.12. The summed E-state index contributed by atoms with van der Waals surface area (Å²) < 4.78 is 0. The van der Waals surface area contributed by atoms with E-state index in [1.807, 2.05) is 4.90 Å². The number of nitro benzene ring substituents is 1. The first-order valence-electron chi connectivity index (χ1n) is 7.67. The molecule has 7 nitrogen and oxygen atoms in total. The van der Waals surface area contributed by atoms with E-state index >= 15 is 0 Å². The minimum Gasteiger partial charge on any atom is -0.362 e. The molecule has 1 heterocycles. The van der Waals surface area contributed by atoms with Gasteiger partial charge < -0.3 is 10.2 Å². The number of nitro groups is 1. The van der Waals surface area contributed by atoms with Gasteiger partial charge in [-0.05, 0) is 43.7 Å². The van der Waals surface area contributed by atoms with Gasteiger partial charge in [0.15, 0.2) is 0 Å². The molecule has 0 bridgehead atoms. The standard InChI is InChI=1S/C16H18N4O3/c1-16(10-17,12-2-3-12)18-15(21)9-19-7-6-11-8-13(20(22)23)4-5-14(11)19/h4-5,8,12H,2-3,6-7,9H2,1H3,(H,18,21). The zero-order chi connectivity index (χ0) is 16.6. The molecule has 3 rings (SSSR count). The maximum absolute atomic E-state index is 12.3. The van der Waals surface area contributed by atoms with Crippen molar-refractivity contribution in [2.24, 2.45) is 5.92 Å². The number of amides is 1. The molecule has 0 radical (unpaired) electrons. The fourth-order valence-corrected chi connectivity index (χ4v) is 3.12. The van der Waals surface area contributed by atoms with Crippen molar-refractivity contribution in [3.05, 3.63) is 33.9 Å². The zero-order valence-corrected chi connectivity index (χ0v) is 12.9. The van der Waals surface area contributed by atoms with Crippen LogP contribution in [0.2, 0.25) is 0 Å². The first-order valence-corrected chi connectivity index (χ1v) is 7.67. The average molecular weight is 314 g/mol. The second-order valence-electron chi connectivity index (χ2n) is 6.38. The van der Waals surface area contributed by atoms with Crippen LogP contribution in [0, 0.1) is 27.4 Å². The zero-order valence-electron chi connectivity index (χ0n) is 12.9. The summed E-state index contributed by atoms with van der Waals surface area (Å²) in [5, 5.41) is 23.0. The number of anilines is 1. The largest absolute Gasteiger partial charge is 0.362 e. The molecular formula is C16H18N4O3. The van der Waals surface area contributed by atoms with Gasteiger partial charge in [-0.3, -0.25) is 14.9 Å². The predicted molar refractivity (Wildman–Crippen MR) is 83.9 cm³/mol. The Balaban J connectivity index is 1.68. The summed E-state index contributed by atoms with van der Waals surface area (Å²) in [5.74, 6) is 0.0529. The van der Waals surface area contributed by atoms with Crippen LogP contribution in [0.15, 0.2) is 18.2 Å². The highest BCUT2D eigenvalue weighted by atomic mass is 16.6. The van der Waals surface area contributed by atoms with Gasteiger partial charge in [-0.1, -0.05) is 0 Å². The summed E-state index contributed by atoms with van der Waals surface area (Å²) >= 11 is 0. The maximum Gasteiger partial charge on any atom is 0.269 e. The molecule has 1 fully saturated rings. The molecular weight excluding hydrogens is 296 g/mol. The van der Waals surface area contributed by atoms with E-state index in [9.17, 15) is 20.2 Å². The number of nitrogens with one attached hydrogen (secondary N) is 1. The van der Waals surface area contributed by atoms with Crippen LogP contribution < -0.4 is 10.2 Å². The predicted octanol–water partition coefficient (Wildman–Crippen LogP) is 1.77. The number of non-ortho nitro benzene ring substituents is 1. The second-order valence-corrected chi connectivity index (χ2v) is 6.38. The van der Waals surface area contributed by atoms with Crippen molar-refractivity contribution in [1.82, 2.24) is 5.32 Å². The van der Waals surface area contributed by atoms with Gasteiger partial charge in [0.2, 0.25) is 5.91 Å². The van der Waals surface area contributed by atoms with Gasteiger partial charge in [-0.25, -0.2) is 0 Å². The summed E-state index contributed by atoms with van der Waals surface area (Å²) in [6, 6.07) is 6.93. The Morgan fingerprint density at radius 1 is 1.57 bits per heavy atom. The number of carbonyl (C=O) groups excluding carboxylic acids is 1. The van der Waals surface area contributed by atoms with Crippen LogP contribution in [0.1, 0.15) is 25.3 Å². The van der Waals surface area contributed by atoms with Crippen molar-refractivity contribution in [2.45, 2.75) is 31.7 Å². The van der Waals surface area contributed by atoms with Gasteiger partial charge in [-0.15, -0.1) is 0 Å². The Labute approximate surface area is 134 Å². The number of carbonyl (C=O) groups is 1. The van der Waals surface area contributed by atoms with Gasteiger partial charge in [-0.2, -0.15) is 5.26 Å². The molecule has 1 aromatic carbocycles. The first-order chi connectivity index (χ1) is 10.9. The highest BCUT2D eigenvalue weighted by molar-refractivity contribution is 5.83. The van der Waals surface area contributed by atoms with E-state index in [0.717, 1.165) is 24.1 Å². The summed E-state index contributed by atoms with van der Waals surface area (Å²) in [4.78, 5) is 24.6. The molecule has 1 unspecified atom stereocenters.